The van der Waals surface area contributed by atoms with Gasteiger partial charge in [0.15, 0.2) is 0 Å². The Morgan fingerprint density at radius 2 is 2.11 bits per heavy atom. The molecule has 0 bridgehead atoms. The molecule has 1 unspecified atom stereocenters. The van der Waals surface area contributed by atoms with E-state index in [9.17, 15) is 9.59 Å². The molecule has 1 aromatic rings. The van der Waals surface area contributed by atoms with Gasteiger partial charge in [-0.2, -0.15) is 0 Å². The molecule has 2 N–H and O–H groups in total. The highest BCUT2D eigenvalue weighted by atomic mass is 35.5. The molecule has 1 heterocycles. The molecule has 1 atom stereocenters. The standard InChI is InChI=1S/C12H17ClN2O2S/c1-7-6-10(9(3)18-7)8(2)14-12(17)15-11(16)4-5-13/h6,8H,4-5H2,1-3H3,(H2,14,15,16,17). The van der Waals surface area contributed by atoms with E-state index in [2.05, 4.69) is 10.6 Å². The molecule has 18 heavy (non-hydrogen) atoms. The van der Waals surface area contributed by atoms with Crippen LogP contribution < -0.4 is 10.6 Å². The van der Waals surface area contributed by atoms with Gasteiger partial charge in [-0.15, -0.1) is 22.9 Å². The van der Waals surface area contributed by atoms with E-state index in [1.807, 2.05) is 26.8 Å². The molecule has 0 radical (unpaired) electrons. The topological polar surface area (TPSA) is 58.2 Å². The van der Waals surface area contributed by atoms with Crippen molar-refractivity contribution in [3.63, 3.8) is 0 Å². The molecule has 3 amide bonds. The van der Waals surface area contributed by atoms with Crippen molar-refractivity contribution in [2.75, 3.05) is 5.88 Å². The summed E-state index contributed by atoms with van der Waals surface area (Å²) in [6, 6.07) is 1.44. The third-order valence-corrected chi connectivity index (χ3v) is 3.64. The van der Waals surface area contributed by atoms with E-state index in [1.165, 1.54) is 9.75 Å². The average Bonchev–Trinajstić information content (AvgIpc) is 2.57. The van der Waals surface area contributed by atoms with Crippen LogP contribution in [0.4, 0.5) is 4.79 Å². The summed E-state index contributed by atoms with van der Waals surface area (Å²) in [7, 11) is 0. The van der Waals surface area contributed by atoms with Gasteiger partial charge in [-0.3, -0.25) is 10.1 Å². The van der Waals surface area contributed by atoms with Gasteiger partial charge in [0, 0.05) is 22.1 Å². The second kappa shape index (κ2) is 6.75. The first-order valence-electron chi connectivity index (χ1n) is 5.67. The number of thiophene rings is 1. The van der Waals surface area contributed by atoms with E-state index in [1.54, 1.807) is 11.3 Å². The van der Waals surface area contributed by atoms with Crippen molar-refractivity contribution in [2.45, 2.75) is 33.2 Å². The van der Waals surface area contributed by atoms with Crippen molar-refractivity contribution in [3.8, 4) is 0 Å². The fraction of sp³-hybridized carbons (Fsp3) is 0.500. The maximum absolute atomic E-state index is 11.5. The molecule has 100 valence electrons. The Balaban J connectivity index is 2.54. The van der Waals surface area contributed by atoms with E-state index in [-0.39, 0.29) is 24.2 Å². The van der Waals surface area contributed by atoms with Crippen molar-refractivity contribution >= 4 is 34.9 Å². The third-order valence-electron chi connectivity index (χ3n) is 2.47. The molecule has 0 saturated heterocycles. The summed E-state index contributed by atoms with van der Waals surface area (Å²) in [4.78, 5) is 25.1. The molecule has 4 nitrogen and oxygen atoms in total. The lowest BCUT2D eigenvalue weighted by atomic mass is 10.1. The lowest BCUT2D eigenvalue weighted by Crippen LogP contribution is -2.40. The SMILES string of the molecule is Cc1cc(C(C)NC(=O)NC(=O)CCCl)c(C)s1. The quantitative estimate of drug-likeness (QED) is 0.837. The molecule has 0 aromatic carbocycles. The normalized spacial score (nSPS) is 12.0. The van der Waals surface area contributed by atoms with Crippen LogP contribution in [0.3, 0.4) is 0 Å². The van der Waals surface area contributed by atoms with Gasteiger partial charge in [0.25, 0.3) is 0 Å². The van der Waals surface area contributed by atoms with Crippen LogP contribution in [0.25, 0.3) is 0 Å². The monoisotopic (exact) mass is 288 g/mol. The van der Waals surface area contributed by atoms with Crippen LogP contribution in [0, 0.1) is 13.8 Å². The smallest absolute Gasteiger partial charge is 0.321 e. The van der Waals surface area contributed by atoms with Crippen LogP contribution in [0.15, 0.2) is 6.07 Å². The van der Waals surface area contributed by atoms with Gasteiger partial charge < -0.3 is 5.32 Å². The summed E-state index contributed by atoms with van der Waals surface area (Å²) in [6.07, 6.45) is 0.139. The van der Waals surface area contributed by atoms with Gasteiger partial charge >= 0.3 is 6.03 Å². The van der Waals surface area contributed by atoms with Gasteiger partial charge in [-0.05, 0) is 32.4 Å². The van der Waals surface area contributed by atoms with Gasteiger partial charge in [0.1, 0.15) is 0 Å². The molecule has 0 spiro atoms. The number of nitrogens with one attached hydrogen (secondary N) is 2. The number of hydrogen-bond acceptors (Lipinski definition) is 3. The number of hydrogen-bond donors (Lipinski definition) is 2. The maximum Gasteiger partial charge on any atom is 0.321 e. The predicted molar refractivity (Wildman–Crippen MR) is 74.2 cm³/mol. The zero-order valence-corrected chi connectivity index (χ0v) is 12.2. The molecule has 0 saturated carbocycles. The minimum atomic E-state index is -0.485. The number of urea groups is 1. The zero-order valence-electron chi connectivity index (χ0n) is 10.7. The lowest BCUT2D eigenvalue weighted by Gasteiger charge is -2.14. The Hall–Kier alpha value is -1.07. The molecule has 1 aromatic heterocycles. The highest BCUT2D eigenvalue weighted by Crippen LogP contribution is 2.25. The summed E-state index contributed by atoms with van der Waals surface area (Å²) >= 11 is 7.10. The van der Waals surface area contributed by atoms with E-state index in [4.69, 9.17) is 11.6 Å². The van der Waals surface area contributed by atoms with E-state index >= 15 is 0 Å². The van der Waals surface area contributed by atoms with Crippen molar-refractivity contribution in [3.05, 3.63) is 21.4 Å². The second-order valence-corrected chi connectivity index (χ2v) is 5.89. The Bertz CT molecular complexity index is 445. The number of alkyl halides is 1. The number of aryl methyl sites for hydroxylation is 2. The summed E-state index contributed by atoms with van der Waals surface area (Å²) in [5.74, 6) is -0.162. The average molecular weight is 289 g/mol. The minimum absolute atomic E-state index is 0.126. The van der Waals surface area contributed by atoms with E-state index in [0.29, 0.717) is 0 Å². The van der Waals surface area contributed by atoms with Crippen LogP contribution in [-0.2, 0) is 4.79 Å². The zero-order chi connectivity index (χ0) is 13.7. The van der Waals surface area contributed by atoms with Crippen molar-refractivity contribution < 1.29 is 9.59 Å². The first-order chi connectivity index (χ1) is 8.43. The van der Waals surface area contributed by atoms with Crippen LogP contribution >= 0.6 is 22.9 Å². The highest BCUT2D eigenvalue weighted by molar-refractivity contribution is 7.12. The first kappa shape index (κ1) is 15.0. The number of rotatable bonds is 4. The third kappa shape index (κ3) is 4.31. The second-order valence-electron chi connectivity index (χ2n) is 4.05. The summed E-state index contributed by atoms with van der Waals surface area (Å²) in [6.45, 7) is 5.93. The Labute approximate surface area is 116 Å². The van der Waals surface area contributed by atoms with Gasteiger partial charge in [0.2, 0.25) is 5.91 Å². The Morgan fingerprint density at radius 3 is 2.61 bits per heavy atom. The molecule has 0 aliphatic rings. The van der Waals surface area contributed by atoms with Crippen LogP contribution in [0.1, 0.15) is 34.7 Å². The molecular weight excluding hydrogens is 272 g/mol. The molecule has 0 fully saturated rings. The van der Waals surface area contributed by atoms with Crippen molar-refractivity contribution in [1.29, 1.82) is 0 Å². The lowest BCUT2D eigenvalue weighted by molar-refractivity contribution is -0.119. The minimum Gasteiger partial charge on any atom is -0.331 e. The van der Waals surface area contributed by atoms with Crippen molar-refractivity contribution in [1.82, 2.24) is 10.6 Å². The van der Waals surface area contributed by atoms with Crippen LogP contribution in [-0.4, -0.2) is 17.8 Å². The van der Waals surface area contributed by atoms with E-state index < -0.39 is 6.03 Å². The van der Waals surface area contributed by atoms with E-state index in [0.717, 1.165) is 5.56 Å². The van der Waals surface area contributed by atoms with Gasteiger partial charge in [-0.1, -0.05) is 0 Å². The Morgan fingerprint density at radius 1 is 1.44 bits per heavy atom. The molecular formula is C12H17ClN2O2S. The number of carbonyl (C=O) groups is 2. The fourth-order valence-corrected chi connectivity index (χ4v) is 2.86. The number of halogens is 1. The molecule has 1 rings (SSSR count). The van der Waals surface area contributed by atoms with Gasteiger partial charge in [-0.25, -0.2) is 4.79 Å². The predicted octanol–water partition coefficient (Wildman–Crippen LogP) is 2.88. The largest absolute Gasteiger partial charge is 0.331 e. The molecule has 0 aliphatic carbocycles. The summed E-state index contributed by atoms with van der Waals surface area (Å²) < 4.78 is 0. The first-order valence-corrected chi connectivity index (χ1v) is 7.02. The van der Waals surface area contributed by atoms with Crippen LogP contribution in [0.5, 0.6) is 0 Å². The summed E-state index contributed by atoms with van der Waals surface area (Å²) in [5, 5.41) is 4.97. The number of amides is 3. The molecule has 6 heteroatoms. The number of carbonyl (C=O) groups excluding carboxylic acids is 2. The molecule has 0 aliphatic heterocycles. The van der Waals surface area contributed by atoms with Crippen LogP contribution in [0.2, 0.25) is 0 Å². The Kier molecular flexibility index (Phi) is 5.62. The van der Waals surface area contributed by atoms with Crippen molar-refractivity contribution in [2.24, 2.45) is 0 Å². The summed E-state index contributed by atoms with van der Waals surface area (Å²) in [5.41, 5.74) is 1.08. The maximum atomic E-state index is 11.5. The highest BCUT2D eigenvalue weighted by Gasteiger charge is 2.15. The number of imide groups is 1. The fourth-order valence-electron chi connectivity index (χ4n) is 1.67. The van der Waals surface area contributed by atoms with Gasteiger partial charge in [0.05, 0.1) is 6.04 Å².